The second-order valence-electron chi connectivity index (χ2n) is 7.94. The van der Waals surface area contributed by atoms with Crippen molar-refractivity contribution in [2.24, 2.45) is 0 Å². The molecule has 0 radical (unpaired) electrons. The fourth-order valence-corrected chi connectivity index (χ4v) is 4.03. The minimum atomic E-state index is -1.39. The van der Waals surface area contributed by atoms with Crippen molar-refractivity contribution in [3.8, 4) is 0 Å². The number of urea groups is 1. The number of nitrogens with zero attached hydrogens (tertiary/aromatic N) is 1. The summed E-state index contributed by atoms with van der Waals surface area (Å²) in [5.74, 6) is -0.658. The number of furan rings is 1. The number of fused-ring (bicyclic) bond motifs is 2. The number of Topliss-reactive ketones (excluding diaryl/α,β-unsaturated/α-hetero) is 1. The van der Waals surface area contributed by atoms with Gasteiger partial charge in [0.05, 0.1) is 6.54 Å². The van der Waals surface area contributed by atoms with Crippen molar-refractivity contribution in [3.05, 3.63) is 65.4 Å². The number of benzene rings is 2. The number of imide groups is 1. The lowest BCUT2D eigenvalue weighted by Gasteiger charge is -2.19. The third kappa shape index (κ3) is 3.07. The van der Waals surface area contributed by atoms with Gasteiger partial charge in [-0.2, -0.15) is 0 Å². The molecule has 1 unspecified atom stereocenters. The van der Waals surface area contributed by atoms with Gasteiger partial charge < -0.3 is 15.1 Å². The second-order valence-corrected chi connectivity index (χ2v) is 7.94. The Labute approximate surface area is 177 Å². The summed E-state index contributed by atoms with van der Waals surface area (Å²) in [7, 11) is 0. The molecular formula is C23H19N3O5. The highest BCUT2D eigenvalue weighted by atomic mass is 16.3. The molecule has 8 nitrogen and oxygen atoms in total. The summed E-state index contributed by atoms with van der Waals surface area (Å²) in [6.45, 7) is 1.18. The summed E-state index contributed by atoms with van der Waals surface area (Å²) >= 11 is 0. The molecule has 156 valence electrons. The molecule has 1 saturated heterocycles. The Bertz CT molecular complexity index is 1240. The molecule has 5 rings (SSSR count). The number of aryl methyl sites for hydroxylation is 1. The predicted octanol–water partition coefficient (Wildman–Crippen LogP) is 2.97. The minimum Gasteiger partial charge on any atom is -0.458 e. The number of nitrogens with one attached hydrogen (secondary N) is 2. The largest absolute Gasteiger partial charge is 0.458 e. The smallest absolute Gasteiger partial charge is 0.325 e. The van der Waals surface area contributed by atoms with Gasteiger partial charge in [0.25, 0.3) is 5.91 Å². The summed E-state index contributed by atoms with van der Waals surface area (Å²) in [5.41, 5.74) is 1.13. The van der Waals surface area contributed by atoms with E-state index in [1.807, 2.05) is 18.2 Å². The molecule has 3 aromatic rings. The normalized spacial score (nSPS) is 20.5. The predicted molar refractivity (Wildman–Crippen MR) is 112 cm³/mol. The highest BCUT2D eigenvalue weighted by Crippen LogP contribution is 2.33. The minimum absolute atomic E-state index is 0.0595. The topological polar surface area (TPSA) is 109 Å². The van der Waals surface area contributed by atoms with Gasteiger partial charge in [-0.1, -0.05) is 18.2 Å². The molecule has 8 heteroatoms. The lowest BCUT2D eigenvalue weighted by molar-refractivity contribution is -0.131. The molecule has 1 atom stereocenters. The first kappa shape index (κ1) is 19.0. The van der Waals surface area contributed by atoms with E-state index in [9.17, 15) is 19.2 Å². The Morgan fingerprint density at radius 2 is 1.90 bits per heavy atom. The van der Waals surface area contributed by atoms with E-state index in [0.29, 0.717) is 35.4 Å². The molecule has 0 spiro atoms. The summed E-state index contributed by atoms with van der Waals surface area (Å²) in [6.07, 6.45) is 0.892. The average Bonchev–Trinajstić information content (AvgIpc) is 3.29. The molecule has 4 amide bonds. The van der Waals surface area contributed by atoms with Gasteiger partial charge in [0, 0.05) is 23.1 Å². The monoisotopic (exact) mass is 417 g/mol. The molecular weight excluding hydrogens is 398 g/mol. The molecule has 3 heterocycles. The van der Waals surface area contributed by atoms with E-state index in [0.717, 1.165) is 15.8 Å². The van der Waals surface area contributed by atoms with Gasteiger partial charge in [-0.3, -0.25) is 19.3 Å². The van der Waals surface area contributed by atoms with Crippen LogP contribution in [0.5, 0.6) is 0 Å². The van der Waals surface area contributed by atoms with Crippen LogP contribution in [0.25, 0.3) is 11.0 Å². The molecule has 2 aliphatic heterocycles. The molecule has 1 aromatic heterocycles. The Balaban J connectivity index is 1.38. The number of carbonyl (C=O) groups is 4. The van der Waals surface area contributed by atoms with Crippen LogP contribution in [-0.4, -0.2) is 35.1 Å². The van der Waals surface area contributed by atoms with E-state index >= 15 is 0 Å². The Morgan fingerprint density at radius 1 is 1.10 bits per heavy atom. The number of para-hydroxylation sites is 1. The zero-order chi connectivity index (χ0) is 21.8. The van der Waals surface area contributed by atoms with Crippen molar-refractivity contribution < 1.29 is 23.6 Å². The summed E-state index contributed by atoms with van der Waals surface area (Å²) < 4.78 is 5.80. The highest BCUT2D eigenvalue weighted by molar-refractivity contribution is 6.11. The Hall–Kier alpha value is -3.94. The zero-order valence-electron chi connectivity index (χ0n) is 16.7. The number of anilines is 1. The average molecular weight is 417 g/mol. The maximum absolute atomic E-state index is 13.1. The van der Waals surface area contributed by atoms with Crippen LogP contribution in [0.4, 0.5) is 10.5 Å². The third-order valence-corrected chi connectivity index (χ3v) is 5.82. The van der Waals surface area contributed by atoms with Crippen LogP contribution in [0.2, 0.25) is 0 Å². The Morgan fingerprint density at radius 3 is 2.71 bits per heavy atom. The number of hydrogen-bond acceptors (Lipinski definition) is 5. The first-order valence-electron chi connectivity index (χ1n) is 9.94. The molecule has 0 aliphatic carbocycles. The van der Waals surface area contributed by atoms with E-state index in [1.165, 1.54) is 0 Å². The maximum Gasteiger partial charge on any atom is 0.325 e. The van der Waals surface area contributed by atoms with Crippen LogP contribution in [0.15, 0.2) is 52.9 Å². The van der Waals surface area contributed by atoms with Crippen molar-refractivity contribution in [1.82, 2.24) is 10.2 Å². The molecule has 31 heavy (non-hydrogen) atoms. The first-order chi connectivity index (χ1) is 14.8. The number of amides is 4. The van der Waals surface area contributed by atoms with Gasteiger partial charge in [-0.25, -0.2) is 4.79 Å². The zero-order valence-corrected chi connectivity index (χ0v) is 16.7. The molecule has 0 saturated carbocycles. The quantitative estimate of drug-likeness (QED) is 0.501. The van der Waals surface area contributed by atoms with Crippen molar-refractivity contribution in [3.63, 3.8) is 0 Å². The fourth-order valence-electron chi connectivity index (χ4n) is 4.03. The number of ketones is 1. The molecule has 2 N–H and O–H groups in total. The van der Waals surface area contributed by atoms with Crippen molar-refractivity contribution in [1.29, 1.82) is 0 Å². The fraction of sp³-hybridized carbons (Fsp3) is 0.217. The van der Waals surface area contributed by atoms with Gasteiger partial charge in [0.15, 0.2) is 11.3 Å². The van der Waals surface area contributed by atoms with Crippen LogP contribution in [0.3, 0.4) is 0 Å². The molecule has 2 aromatic carbocycles. The standard InChI is InChI=1S/C23H19N3O5/c1-23(19-11-15-4-2-3-5-18(15)31-19)21(29)26(22(30)25-23)12-17(27)14-6-8-16-13(10-14)7-9-20(28)24-16/h2-6,8,10-11H,7,9,12H2,1H3,(H,24,28)(H,25,30). The molecule has 1 fully saturated rings. The van der Waals surface area contributed by atoms with E-state index < -0.39 is 17.5 Å². The van der Waals surface area contributed by atoms with Gasteiger partial charge >= 0.3 is 6.03 Å². The van der Waals surface area contributed by atoms with Crippen LogP contribution >= 0.6 is 0 Å². The van der Waals surface area contributed by atoms with Crippen LogP contribution in [0.1, 0.15) is 35.0 Å². The van der Waals surface area contributed by atoms with Gasteiger partial charge in [0.2, 0.25) is 5.91 Å². The van der Waals surface area contributed by atoms with Crippen molar-refractivity contribution in [2.45, 2.75) is 25.3 Å². The third-order valence-electron chi connectivity index (χ3n) is 5.82. The van der Waals surface area contributed by atoms with Crippen LogP contribution < -0.4 is 10.6 Å². The first-order valence-corrected chi connectivity index (χ1v) is 9.94. The van der Waals surface area contributed by atoms with E-state index in [4.69, 9.17) is 4.42 Å². The highest BCUT2D eigenvalue weighted by Gasteiger charge is 2.51. The SMILES string of the molecule is CC1(c2cc3ccccc3o2)NC(=O)N(CC(=O)c2ccc3c(c2)CCC(=O)N3)C1=O. The van der Waals surface area contributed by atoms with Crippen molar-refractivity contribution >= 4 is 40.3 Å². The van der Waals surface area contributed by atoms with Crippen LogP contribution in [-0.2, 0) is 21.5 Å². The second kappa shape index (κ2) is 6.80. The molecule has 0 bridgehead atoms. The number of hydrogen-bond donors (Lipinski definition) is 2. The van der Waals surface area contributed by atoms with Gasteiger partial charge in [-0.15, -0.1) is 0 Å². The Kier molecular flexibility index (Phi) is 4.18. The van der Waals surface area contributed by atoms with Gasteiger partial charge in [0.1, 0.15) is 11.3 Å². The molecule has 2 aliphatic rings. The lowest BCUT2D eigenvalue weighted by Crippen LogP contribution is -2.41. The lowest BCUT2D eigenvalue weighted by atomic mass is 9.97. The van der Waals surface area contributed by atoms with E-state index in [1.54, 1.807) is 37.3 Å². The summed E-state index contributed by atoms with van der Waals surface area (Å²) in [5, 5.41) is 6.24. The summed E-state index contributed by atoms with van der Waals surface area (Å²) in [6, 6.07) is 13.3. The van der Waals surface area contributed by atoms with E-state index in [2.05, 4.69) is 10.6 Å². The van der Waals surface area contributed by atoms with E-state index in [-0.39, 0.29) is 18.2 Å². The number of rotatable bonds is 4. The van der Waals surface area contributed by atoms with Gasteiger partial charge in [-0.05, 0) is 49.2 Å². The van der Waals surface area contributed by atoms with Crippen molar-refractivity contribution in [2.75, 3.05) is 11.9 Å². The van der Waals surface area contributed by atoms with Crippen LogP contribution in [0, 0.1) is 0 Å². The maximum atomic E-state index is 13.1. The number of carbonyl (C=O) groups excluding carboxylic acids is 4. The summed E-state index contributed by atoms with van der Waals surface area (Å²) in [4.78, 5) is 51.0.